The minimum absolute atomic E-state index is 0.0309. The number of hydrogen-bond donors (Lipinski definition) is 0. The topological polar surface area (TPSA) is 25.8 Å². The van der Waals surface area contributed by atoms with Crippen LogP contribution in [0.25, 0.3) is 0 Å². The van der Waals surface area contributed by atoms with Gasteiger partial charge in [-0.2, -0.15) is 5.10 Å². The summed E-state index contributed by atoms with van der Waals surface area (Å²) in [5, 5.41) is 6.69. The molecule has 1 heterocycles. The fraction of sp³-hybridized carbons (Fsp3) is 0.429. The molecule has 0 aliphatic heterocycles. The van der Waals surface area contributed by atoms with E-state index in [0.29, 0.717) is 0 Å². The summed E-state index contributed by atoms with van der Waals surface area (Å²) in [5.74, 6) is -1.65. The Kier molecular flexibility index (Phi) is 0.826. The van der Waals surface area contributed by atoms with E-state index in [0.717, 1.165) is 0 Å². The summed E-state index contributed by atoms with van der Waals surface area (Å²) >= 11 is 5.66. The molecular formula is C7H9ClN2. The Morgan fingerprint density at radius 3 is 3.10 bits per heavy atom. The van der Waals surface area contributed by atoms with Crippen molar-refractivity contribution in [3.63, 3.8) is 0 Å². The van der Waals surface area contributed by atoms with Gasteiger partial charge < -0.3 is 0 Å². The van der Waals surface area contributed by atoms with Crippen LogP contribution in [0.2, 0.25) is 5.15 Å². The summed E-state index contributed by atoms with van der Waals surface area (Å²) < 4.78 is 43.5. The molecule has 0 fully saturated rings. The van der Waals surface area contributed by atoms with Gasteiger partial charge in [0.05, 0.1) is 0 Å². The second-order valence-corrected chi connectivity index (χ2v) is 2.07. The lowest BCUT2D eigenvalue weighted by atomic mass is 10.1. The molecule has 0 aromatic carbocycles. The molecule has 0 atom stereocenters. The summed E-state index contributed by atoms with van der Waals surface area (Å²) in [6.45, 7) is -5.34. The first kappa shape index (κ1) is 2.78. The van der Waals surface area contributed by atoms with Gasteiger partial charge in [0.2, 0.25) is 0 Å². The molecule has 0 aliphatic carbocycles. The molecule has 0 saturated heterocycles. The second kappa shape index (κ2) is 2.97. The van der Waals surface area contributed by atoms with Crippen LogP contribution in [-0.4, -0.2) is 10.2 Å². The van der Waals surface area contributed by atoms with Gasteiger partial charge in [0.15, 0.2) is 5.15 Å². The van der Waals surface area contributed by atoms with Crippen LogP contribution in [0, 0.1) is 0 Å². The van der Waals surface area contributed by atoms with Crippen molar-refractivity contribution < 1.29 is 8.22 Å². The number of halogens is 1. The number of rotatable bonds is 1. The molecule has 0 spiro atoms. The van der Waals surface area contributed by atoms with Gasteiger partial charge >= 0.3 is 0 Å². The van der Waals surface area contributed by atoms with Crippen LogP contribution >= 0.6 is 11.6 Å². The Balaban J connectivity index is 3.29. The number of hydrogen-bond acceptors (Lipinski definition) is 2. The molecular weight excluding hydrogens is 148 g/mol. The van der Waals surface area contributed by atoms with Crippen molar-refractivity contribution in [2.45, 2.75) is 19.6 Å². The highest BCUT2D eigenvalue weighted by Crippen LogP contribution is 2.19. The van der Waals surface area contributed by atoms with Crippen LogP contribution in [-0.2, 0) is 0 Å². The molecule has 0 unspecified atom stereocenters. The van der Waals surface area contributed by atoms with E-state index in [-0.39, 0.29) is 10.7 Å². The van der Waals surface area contributed by atoms with Crippen molar-refractivity contribution in [3.05, 3.63) is 23.0 Å². The Labute approximate surface area is 73.7 Å². The highest BCUT2D eigenvalue weighted by molar-refractivity contribution is 6.30. The molecule has 0 aliphatic rings. The third-order valence-corrected chi connectivity index (χ3v) is 1.31. The van der Waals surface area contributed by atoms with Gasteiger partial charge in [-0.05, 0) is 17.5 Å². The van der Waals surface area contributed by atoms with Gasteiger partial charge in [-0.15, -0.1) is 5.10 Å². The first-order valence-electron chi connectivity index (χ1n) is 5.61. The molecule has 1 aromatic rings. The van der Waals surface area contributed by atoms with Gasteiger partial charge in [0.1, 0.15) is 0 Å². The first-order valence-corrected chi connectivity index (χ1v) is 2.99. The molecule has 54 valence electrons. The highest BCUT2D eigenvalue weighted by atomic mass is 35.5. The maximum atomic E-state index is 7.25. The van der Waals surface area contributed by atoms with Crippen LogP contribution in [0.5, 0.6) is 0 Å². The van der Waals surface area contributed by atoms with Crippen molar-refractivity contribution in [3.8, 4) is 0 Å². The maximum Gasteiger partial charge on any atom is 0.155 e. The average Bonchev–Trinajstić information content (AvgIpc) is 2.03. The summed E-state index contributed by atoms with van der Waals surface area (Å²) in [7, 11) is 0. The normalized spacial score (nSPS) is 21.8. The third kappa shape index (κ3) is 1.45. The van der Waals surface area contributed by atoms with Crippen LogP contribution in [0.4, 0.5) is 0 Å². The average molecular weight is 163 g/mol. The standard InChI is InChI=1S/C7H9ClN2/c1-5(2)6-3-4-9-10-7(6)8/h3-5H,1-2H3/i1D3,2D3. The Bertz CT molecular complexity index is 360. The molecule has 0 amide bonds. The van der Waals surface area contributed by atoms with Crippen LogP contribution in [0.1, 0.15) is 33.4 Å². The predicted molar refractivity (Wildman–Crippen MR) is 41.1 cm³/mol. The lowest BCUT2D eigenvalue weighted by Crippen LogP contribution is -1.92. The van der Waals surface area contributed by atoms with E-state index in [4.69, 9.17) is 19.8 Å². The molecule has 3 heteroatoms. The van der Waals surface area contributed by atoms with E-state index < -0.39 is 19.6 Å². The van der Waals surface area contributed by atoms with E-state index in [1.165, 1.54) is 12.3 Å². The van der Waals surface area contributed by atoms with Crippen molar-refractivity contribution in [1.29, 1.82) is 0 Å². The quantitative estimate of drug-likeness (QED) is 0.633. The van der Waals surface area contributed by atoms with E-state index in [9.17, 15) is 0 Å². The van der Waals surface area contributed by atoms with E-state index in [1.54, 1.807) is 0 Å². The van der Waals surface area contributed by atoms with Crippen molar-refractivity contribution in [2.24, 2.45) is 0 Å². The molecule has 0 bridgehead atoms. The lowest BCUT2D eigenvalue weighted by molar-refractivity contribution is 0.841. The summed E-state index contributed by atoms with van der Waals surface area (Å²) in [6, 6.07) is 1.26. The van der Waals surface area contributed by atoms with Crippen LogP contribution < -0.4 is 0 Å². The molecule has 1 aromatic heterocycles. The smallest absolute Gasteiger partial charge is 0.155 e. The Morgan fingerprint density at radius 2 is 2.50 bits per heavy atom. The summed E-state index contributed by atoms with van der Waals surface area (Å²) in [5.41, 5.74) is -0.0309. The molecule has 10 heavy (non-hydrogen) atoms. The fourth-order valence-electron chi connectivity index (χ4n) is 0.539. The fourth-order valence-corrected chi connectivity index (χ4v) is 0.755. The van der Waals surface area contributed by atoms with Crippen molar-refractivity contribution in [1.82, 2.24) is 10.2 Å². The van der Waals surface area contributed by atoms with Gasteiger partial charge in [0.25, 0.3) is 0 Å². The zero-order valence-electron chi connectivity index (χ0n) is 11.0. The minimum Gasteiger partial charge on any atom is -0.158 e. The van der Waals surface area contributed by atoms with Gasteiger partial charge in [-0.3, -0.25) is 0 Å². The van der Waals surface area contributed by atoms with Gasteiger partial charge in [0, 0.05) is 14.4 Å². The first-order chi connectivity index (χ1) is 7.14. The van der Waals surface area contributed by atoms with Crippen LogP contribution in [0.3, 0.4) is 0 Å². The van der Waals surface area contributed by atoms with Crippen LogP contribution in [0.15, 0.2) is 12.3 Å². The zero-order chi connectivity index (χ0) is 12.6. The predicted octanol–water partition coefficient (Wildman–Crippen LogP) is 2.25. The summed E-state index contributed by atoms with van der Waals surface area (Å²) in [4.78, 5) is 0. The van der Waals surface area contributed by atoms with Gasteiger partial charge in [-0.25, -0.2) is 0 Å². The Hall–Kier alpha value is -0.630. The number of aromatic nitrogens is 2. The SMILES string of the molecule is [2H]C([2H])([2H])C(c1ccnnc1Cl)C([2H])([2H])[2H]. The minimum atomic E-state index is -2.67. The van der Waals surface area contributed by atoms with Crippen molar-refractivity contribution in [2.75, 3.05) is 0 Å². The molecule has 0 radical (unpaired) electrons. The maximum absolute atomic E-state index is 7.25. The zero-order valence-corrected chi connectivity index (χ0v) is 5.76. The van der Waals surface area contributed by atoms with Gasteiger partial charge in [-0.1, -0.05) is 25.3 Å². The lowest BCUT2D eigenvalue weighted by Gasteiger charge is -2.03. The Morgan fingerprint density at radius 1 is 1.70 bits per heavy atom. The molecule has 0 N–H and O–H groups in total. The molecule has 0 saturated carbocycles. The van der Waals surface area contributed by atoms with E-state index in [1.807, 2.05) is 0 Å². The number of nitrogens with zero attached hydrogens (tertiary/aromatic N) is 2. The van der Waals surface area contributed by atoms with E-state index in [2.05, 4.69) is 10.2 Å². The summed E-state index contributed by atoms with van der Waals surface area (Å²) in [6.07, 6.45) is 1.21. The molecule has 2 nitrogen and oxygen atoms in total. The molecule has 1 rings (SSSR count). The second-order valence-electron chi connectivity index (χ2n) is 1.71. The van der Waals surface area contributed by atoms with Crippen molar-refractivity contribution >= 4 is 11.6 Å². The monoisotopic (exact) mass is 162 g/mol. The largest absolute Gasteiger partial charge is 0.158 e. The highest BCUT2D eigenvalue weighted by Gasteiger charge is 2.03. The van der Waals surface area contributed by atoms with E-state index >= 15 is 0 Å². The third-order valence-electron chi connectivity index (χ3n) is 1.02.